The second-order valence-electron chi connectivity index (χ2n) is 5.03. The fourth-order valence-corrected chi connectivity index (χ4v) is 1.65. The van der Waals surface area contributed by atoms with Gasteiger partial charge in [0.1, 0.15) is 0 Å². The summed E-state index contributed by atoms with van der Waals surface area (Å²) in [5.41, 5.74) is 1.00. The maximum absolute atomic E-state index is 11.6. The molecule has 0 aliphatic rings. The zero-order valence-electron chi connectivity index (χ0n) is 11.8. The Kier molecular flexibility index (Phi) is 6.49. The van der Waals surface area contributed by atoms with Gasteiger partial charge in [0.2, 0.25) is 0 Å². The van der Waals surface area contributed by atoms with E-state index in [1.54, 1.807) is 12.1 Å². The Labute approximate surface area is 118 Å². The van der Waals surface area contributed by atoms with Crippen LogP contribution in [-0.2, 0) is 11.2 Å². The monoisotopic (exact) mass is 279 g/mol. The molecule has 0 unspecified atom stereocenters. The molecule has 0 radical (unpaired) electrons. The minimum absolute atomic E-state index is 0.123. The van der Waals surface area contributed by atoms with Crippen LogP contribution in [0.4, 0.5) is 10.5 Å². The van der Waals surface area contributed by atoms with E-state index in [2.05, 4.69) is 29.5 Å². The summed E-state index contributed by atoms with van der Waals surface area (Å²) in [6, 6.07) is 2.95. The lowest BCUT2D eigenvalue weighted by molar-refractivity contribution is -0.136. The van der Waals surface area contributed by atoms with Gasteiger partial charge in [-0.3, -0.25) is 9.78 Å². The fourth-order valence-electron chi connectivity index (χ4n) is 1.65. The van der Waals surface area contributed by atoms with Crippen molar-refractivity contribution in [2.45, 2.75) is 33.1 Å². The van der Waals surface area contributed by atoms with Crippen molar-refractivity contribution in [2.24, 2.45) is 5.92 Å². The van der Waals surface area contributed by atoms with Crippen LogP contribution in [0.15, 0.2) is 18.3 Å². The predicted octanol–water partition coefficient (Wildman–Crippen LogP) is 2.27. The van der Waals surface area contributed by atoms with Crippen LogP contribution in [0.3, 0.4) is 0 Å². The molecular formula is C14H21N3O3. The summed E-state index contributed by atoms with van der Waals surface area (Å²) < 4.78 is 0. The van der Waals surface area contributed by atoms with Gasteiger partial charge in [0.05, 0.1) is 24.0 Å². The molecule has 0 aliphatic carbocycles. The number of carboxylic acid groups (broad SMARTS) is 1. The number of hydrogen-bond donors (Lipinski definition) is 3. The number of nitrogens with one attached hydrogen (secondary N) is 2. The lowest BCUT2D eigenvalue weighted by Crippen LogP contribution is -2.29. The molecule has 6 nitrogen and oxygen atoms in total. The van der Waals surface area contributed by atoms with Crippen molar-refractivity contribution in [1.82, 2.24) is 10.3 Å². The number of carboxylic acids is 1. The average molecular weight is 279 g/mol. The zero-order chi connectivity index (χ0) is 15.0. The molecule has 0 atom stereocenters. The molecule has 0 bridgehead atoms. The van der Waals surface area contributed by atoms with E-state index in [9.17, 15) is 9.59 Å². The van der Waals surface area contributed by atoms with Gasteiger partial charge in [-0.25, -0.2) is 4.79 Å². The summed E-state index contributed by atoms with van der Waals surface area (Å²) in [6.07, 6.45) is 3.35. The molecule has 1 heterocycles. The molecule has 110 valence electrons. The van der Waals surface area contributed by atoms with Crippen molar-refractivity contribution < 1.29 is 14.7 Å². The smallest absolute Gasteiger partial charge is 0.319 e. The molecule has 0 fully saturated rings. The molecule has 6 heteroatoms. The van der Waals surface area contributed by atoms with Crippen LogP contribution >= 0.6 is 0 Å². The molecule has 20 heavy (non-hydrogen) atoms. The van der Waals surface area contributed by atoms with Gasteiger partial charge in [-0.2, -0.15) is 0 Å². The number of anilines is 1. The van der Waals surface area contributed by atoms with E-state index in [4.69, 9.17) is 5.11 Å². The third-order valence-electron chi connectivity index (χ3n) is 2.66. The first-order chi connectivity index (χ1) is 9.47. The Hall–Kier alpha value is -2.11. The standard InChI is InChI=1S/C14H21N3O3/c1-10(2)4-3-7-15-14(20)17-12-6-5-11(16-9-12)8-13(18)19/h5-6,9-10H,3-4,7-8H2,1-2H3,(H,18,19)(H2,15,17,20). The van der Waals surface area contributed by atoms with E-state index in [1.165, 1.54) is 6.20 Å². The fraction of sp³-hybridized carbons (Fsp3) is 0.500. The highest BCUT2D eigenvalue weighted by atomic mass is 16.4. The Morgan fingerprint density at radius 1 is 1.35 bits per heavy atom. The molecule has 2 amide bonds. The SMILES string of the molecule is CC(C)CCCNC(=O)Nc1ccc(CC(=O)O)nc1. The van der Waals surface area contributed by atoms with Crippen molar-refractivity contribution in [3.05, 3.63) is 24.0 Å². The lowest BCUT2D eigenvalue weighted by atomic mass is 10.1. The molecular weight excluding hydrogens is 258 g/mol. The summed E-state index contributed by atoms with van der Waals surface area (Å²) in [4.78, 5) is 26.1. The number of carbonyl (C=O) groups excluding carboxylic acids is 1. The summed E-state index contributed by atoms with van der Waals surface area (Å²) in [6.45, 7) is 4.92. The van der Waals surface area contributed by atoms with Crippen molar-refractivity contribution in [2.75, 3.05) is 11.9 Å². The number of hydrogen-bond acceptors (Lipinski definition) is 3. The van der Waals surface area contributed by atoms with Crippen LogP contribution in [0.5, 0.6) is 0 Å². The minimum atomic E-state index is -0.930. The maximum atomic E-state index is 11.6. The van der Waals surface area contributed by atoms with Gasteiger partial charge in [-0.05, 0) is 30.9 Å². The molecule has 0 aliphatic heterocycles. The van der Waals surface area contributed by atoms with Crippen molar-refractivity contribution in [3.8, 4) is 0 Å². The molecule has 0 spiro atoms. The number of rotatable bonds is 7. The van der Waals surface area contributed by atoms with E-state index < -0.39 is 5.97 Å². The topological polar surface area (TPSA) is 91.3 Å². The van der Waals surface area contributed by atoms with E-state index >= 15 is 0 Å². The van der Waals surface area contributed by atoms with Gasteiger partial charge >= 0.3 is 12.0 Å². The van der Waals surface area contributed by atoms with Crippen LogP contribution in [0, 0.1) is 5.92 Å². The number of urea groups is 1. The van der Waals surface area contributed by atoms with Crippen LogP contribution in [0.1, 0.15) is 32.4 Å². The van der Waals surface area contributed by atoms with Crippen LogP contribution in [0.2, 0.25) is 0 Å². The number of amides is 2. The summed E-state index contributed by atoms with van der Waals surface area (Å²) in [7, 11) is 0. The molecule has 1 rings (SSSR count). The summed E-state index contributed by atoms with van der Waals surface area (Å²) >= 11 is 0. The second-order valence-corrected chi connectivity index (χ2v) is 5.03. The highest BCUT2D eigenvalue weighted by molar-refractivity contribution is 5.88. The maximum Gasteiger partial charge on any atom is 0.319 e. The Morgan fingerprint density at radius 2 is 2.10 bits per heavy atom. The Bertz CT molecular complexity index is 443. The average Bonchev–Trinajstić information content (AvgIpc) is 2.36. The molecule has 1 aromatic heterocycles. The zero-order valence-corrected chi connectivity index (χ0v) is 11.8. The second kappa shape index (κ2) is 8.14. The Balaban J connectivity index is 2.33. The van der Waals surface area contributed by atoms with Crippen molar-refractivity contribution >= 4 is 17.7 Å². The molecule has 1 aromatic rings. The number of nitrogens with zero attached hydrogens (tertiary/aromatic N) is 1. The van der Waals surface area contributed by atoms with Gasteiger partial charge in [-0.1, -0.05) is 13.8 Å². The predicted molar refractivity (Wildman–Crippen MR) is 76.7 cm³/mol. The van der Waals surface area contributed by atoms with E-state index in [-0.39, 0.29) is 12.5 Å². The van der Waals surface area contributed by atoms with Crippen molar-refractivity contribution in [3.63, 3.8) is 0 Å². The normalized spacial score (nSPS) is 10.3. The third kappa shape index (κ3) is 6.72. The van der Waals surface area contributed by atoms with Gasteiger partial charge in [0, 0.05) is 6.54 Å². The molecule has 0 saturated heterocycles. The molecule has 3 N–H and O–H groups in total. The van der Waals surface area contributed by atoms with Crippen LogP contribution < -0.4 is 10.6 Å². The molecule has 0 aromatic carbocycles. The highest BCUT2D eigenvalue weighted by Gasteiger charge is 2.04. The first kappa shape index (κ1) is 15.9. The van der Waals surface area contributed by atoms with Crippen LogP contribution in [0.25, 0.3) is 0 Å². The number of aliphatic carboxylic acids is 1. The largest absolute Gasteiger partial charge is 0.481 e. The van der Waals surface area contributed by atoms with Gasteiger partial charge in [-0.15, -0.1) is 0 Å². The number of aromatic nitrogens is 1. The van der Waals surface area contributed by atoms with Crippen molar-refractivity contribution in [1.29, 1.82) is 0 Å². The molecule has 0 saturated carbocycles. The van der Waals surface area contributed by atoms with E-state index in [0.29, 0.717) is 23.8 Å². The van der Waals surface area contributed by atoms with E-state index in [1.807, 2.05) is 0 Å². The Morgan fingerprint density at radius 3 is 2.65 bits per heavy atom. The first-order valence-electron chi connectivity index (χ1n) is 6.69. The summed E-state index contributed by atoms with van der Waals surface area (Å²) in [5, 5.41) is 14.0. The highest BCUT2D eigenvalue weighted by Crippen LogP contribution is 2.07. The quantitative estimate of drug-likeness (QED) is 0.668. The third-order valence-corrected chi connectivity index (χ3v) is 2.66. The lowest BCUT2D eigenvalue weighted by Gasteiger charge is -2.08. The van der Waals surface area contributed by atoms with Crippen LogP contribution in [-0.4, -0.2) is 28.6 Å². The summed E-state index contributed by atoms with van der Waals surface area (Å²) in [5.74, 6) is -0.299. The van der Waals surface area contributed by atoms with Gasteiger partial charge < -0.3 is 15.7 Å². The number of pyridine rings is 1. The van der Waals surface area contributed by atoms with Gasteiger partial charge in [0.15, 0.2) is 0 Å². The van der Waals surface area contributed by atoms with E-state index in [0.717, 1.165) is 12.8 Å². The van der Waals surface area contributed by atoms with Gasteiger partial charge in [0.25, 0.3) is 0 Å². The number of carbonyl (C=O) groups is 2. The first-order valence-corrected chi connectivity index (χ1v) is 6.69. The minimum Gasteiger partial charge on any atom is -0.481 e.